The Bertz CT molecular complexity index is 403. The highest BCUT2D eigenvalue weighted by atomic mass is 19.1. The van der Waals surface area contributed by atoms with E-state index < -0.39 is 0 Å². The molecule has 19 heavy (non-hydrogen) atoms. The van der Waals surface area contributed by atoms with Crippen molar-refractivity contribution in [2.75, 3.05) is 31.2 Å². The molecule has 1 saturated heterocycles. The summed E-state index contributed by atoms with van der Waals surface area (Å²) in [5.41, 5.74) is 7.72. The molecule has 1 fully saturated rings. The smallest absolute Gasteiger partial charge is 0.128 e. The van der Waals surface area contributed by atoms with E-state index in [1.165, 1.54) is 6.07 Å². The third-order valence-electron chi connectivity index (χ3n) is 3.65. The zero-order chi connectivity index (χ0) is 13.7. The molecule has 0 amide bonds. The average molecular weight is 266 g/mol. The van der Waals surface area contributed by atoms with E-state index >= 15 is 0 Å². The van der Waals surface area contributed by atoms with Crippen LogP contribution in [0.4, 0.5) is 10.1 Å². The maximum absolute atomic E-state index is 14.1. The van der Waals surface area contributed by atoms with Crippen molar-refractivity contribution >= 4 is 5.69 Å². The highest BCUT2D eigenvalue weighted by Gasteiger charge is 2.17. The topological polar surface area (TPSA) is 38.5 Å². The van der Waals surface area contributed by atoms with Gasteiger partial charge in [-0.05, 0) is 31.4 Å². The van der Waals surface area contributed by atoms with Gasteiger partial charge in [0.1, 0.15) is 5.82 Å². The van der Waals surface area contributed by atoms with E-state index in [0.717, 1.165) is 43.8 Å². The summed E-state index contributed by atoms with van der Waals surface area (Å²) in [7, 11) is 0. The van der Waals surface area contributed by atoms with E-state index in [1.807, 2.05) is 13.0 Å². The molecule has 1 aliphatic rings. The van der Waals surface area contributed by atoms with Crippen molar-refractivity contribution in [3.63, 3.8) is 0 Å². The molecule has 0 bridgehead atoms. The Kier molecular flexibility index (Phi) is 5.16. The van der Waals surface area contributed by atoms with Crippen LogP contribution in [0.5, 0.6) is 0 Å². The number of hydrogen-bond acceptors (Lipinski definition) is 3. The van der Waals surface area contributed by atoms with Crippen LogP contribution in [0.1, 0.15) is 25.3 Å². The van der Waals surface area contributed by atoms with Gasteiger partial charge in [-0.2, -0.15) is 0 Å². The van der Waals surface area contributed by atoms with Crippen LogP contribution in [-0.4, -0.2) is 32.3 Å². The number of nitrogens with zero attached hydrogens (tertiary/aromatic N) is 1. The standard InChI is InChI=1S/C15H23FN2O/c1-2-12(17)11-13-14(16)5-3-6-15(13)18-7-4-9-19-10-8-18/h3,5-6,12H,2,4,7-11,17H2,1H3. The Morgan fingerprint density at radius 3 is 3.00 bits per heavy atom. The second-order valence-corrected chi connectivity index (χ2v) is 5.06. The van der Waals surface area contributed by atoms with E-state index in [2.05, 4.69) is 4.90 Å². The van der Waals surface area contributed by atoms with Crippen LogP contribution in [0.25, 0.3) is 0 Å². The van der Waals surface area contributed by atoms with Crippen molar-refractivity contribution in [3.8, 4) is 0 Å². The lowest BCUT2D eigenvalue weighted by Crippen LogP contribution is -2.29. The Hall–Kier alpha value is -1.13. The number of halogens is 1. The van der Waals surface area contributed by atoms with Gasteiger partial charge in [0.05, 0.1) is 6.61 Å². The molecule has 1 unspecified atom stereocenters. The first kappa shape index (κ1) is 14.3. The summed E-state index contributed by atoms with van der Waals surface area (Å²) in [5, 5.41) is 0. The third kappa shape index (κ3) is 3.67. The predicted molar refractivity (Wildman–Crippen MR) is 76.0 cm³/mol. The molecule has 106 valence electrons. The number of benzene rings is 1. The molecule has 2 N–H and O–H groups in total. The van der Waals surface area contributed by atoms with Crippen molar-refractivity contribution in [2.45, 2.75) is 32.2 Å². The van der Waals surface area contributed by atoms with E-state index in [9.17, 15) is 4.39 Å². The van der Waals surface area contributed by atoms with Crippen LogP contribution >= 0.6 is 0 Å². The Labute approximate surface area is 114 Å². The first-order valence-electron chi connectivity index (χ1n) is 7.08. The van der Waals surface area contributed by atoms with Gasteiger partial charge in [-0.25, -0.2) is 4.39 Å². The van der Waals surface area contributed by atoms with E-state index in [1.54, 1.807) is 6.07 Å². The molecule has 0 radical (unpaired) electrons. The van der Waals surface area contributed by atoms with Gasteiger partial charge < -0.3 is 15.4 Å². The van der Waals surface area contributed by atoms with E-state index in [4.69, 9.17) is 10.5 Å². The van der Waals surface area contributed by atoms with Crippen LogP contribution < -0.4 is 10.6 Å². The first-order valence-corrected chi connectivity index (χ1v) is 7.08. The lowest BCUT2D eigenvalue weighted by molar-refractivity contribution is 0.152. The molecule has 1 heterocycles. The summed E-state index contributed by atoms with van der Waals surface area (Å²) < 4.78 is 19.5. The summed E-state index contributed by atoms with van der Waals surface area (Å²) in [6, 6.07) is 5.30. The lowest BCUT2D eigenvalue weighted by Gasteiger charge is -2.26. The number of anilines is 1. The molecule has 2 rings (SSSR count). The van der Waals surface area contributed by atoms with Gasteiger partial charge in [-0.1, -0.05) is 13.0 Å². The molecule has 1 atom stereocenters. The quantitative estimate of drug-likeness (QED) is 0.909. The van der Waals surface area contributed by atoms with E-state index in [0.29, 0.717) is 13.0 Å². The molecular weight excluding hydrogens is 243 g/mol. The highest BCUT2D eigenvalue weighted by molar-refractivity contribution is 5.54. The SMILES string of the molecule is CCC(N)Cc1c(F)cccc1N1CCCOCC1. The zero-order valence-electron chi connectivity index (χ0n) is 11.6. The van der Waals surface area contributed by atoms with Gasteiger partial charge in [-0.15, -0.1) is 0 Å². The maximum atomic E-state index is 14.1. The highest BCUT2D eigenvalue weighted by Crippen LogP contribution is 2.25. The minimum atomic E-state index is -0.147. The summed E-state index contributed by atoms with van der Waals surface area (Å²) >= 11 is 0. The summed E-state index contributed by atoms with van der Waals surface area (Å²) in [6.45, 7) is 5.26. The van der Waals surface area contributed by atoms with Crippen LogP contribution in [0, 0.1) is 5.82 Å². The number of hydrogen-bond donors (Lipinski definition) is 1. The number of rotatable bonds is 4. The van der Waals surface area contributed by atoms with Crippen molar-refractivity contribution in [1.29, 1.82) is 0 Å². The Balaban J connectivity index is 2.24. The minimum absolute atomic E-state index is 0.0129. The summed E-state index contributed by atoms with van der Waals surface area (Å²) in [4.78, 5) is 2.22. The van der Waals surface area contributed by atoms with Gasteiger partial charge in [0.2, 0.25) is 0 Å². The van der Waals surface area contributed by atoms with Crippen LogP contribution in [0.3, 0.4) is 0 Å². The maximum Gasteiger partial charge on any atom is 0.128 e. The molecule has 0 aromatic heterocycles. The van der Waals surface area contributed by atoms with Gasteiger partial charge in [0.25, 0.3) is 0 Å². The molecule has 3 nitrogen and oxygen atoms in total. The zero-order valence-corrected chi connectivity index (χ0v) is 11.6. The van der Waals surface area contributed by atoms with Gasteiger partial charge >= 0.3 is 0 Å². The molecule has 1 aliphatic heterocycles. The molecule has 4 heteroatoms. The summed E-state index contributed by atoms with van der Waals surface area (Å²) in [6.07, 6.45) is 2.43. The second kappa shape index (κ2) is 6.87. The van der Waals surface area contributed by atoms with E-state index in [-0.39, 0.29) is 11.9 Å². The lowest BCUT2D eigenvalue weighted by atomic mass is 10.0. The van der Waals surface area contributed by atoms with Crippen molar-refractivity contribution in [3.05, 3.63) is 29.6 Å². The van der Waals surface area contributed by atoms with Crippen molar-refractivity contribution in [2.24, 2.45) is 5.73 Å². The molecule has 0 spiro atoms. The van der Waals surface area contributed by atoms with Gasteiger partial charge in [-0.3, -0.25) is 0 Å². The van der Waals surface area contributed by atoms with Crippen molar-refractivity contribution < 1.29 is 9.13 Å². The fourth-order valence-corrected chi connectivity index (χ4v) is 2.44. The monoisotopic (exact) mass is 266 g/mol. The second-order valence-electron chi connectivity index (χ2n) is 5.06. The fraction of sp³-hybridized carbons (Fsp3) is 0.600. The number of nitrogens with two attached hydrogens (primary N) is 1. The van der Waals surface area contributed by atoms with Gasteiger partial charge in [0, 0.05) is 37.0 Å². The Morgan fingerprint density at radius 1 is 1.37 bits per heavy atom. The molecule has 0 aliphatic carbocycles. The molecular formula is C15H23FN2O. The van der Waals surface area contributed by atoms with Crippen molar-refractivity contribution in [1.82, 2.24) is 0 Å². The number of ether oxygens (including phenoxy) is 1. The molecule has 0 saturated carbocycles. The first-order chi connectivity index (χ1) is 9.22. The predicted octanol–water partition coefficient (Wildman–Crippen LogP) is 2.33. The normalized spacial score (nSPS) is 18.2. The fourth-order valence-electron chi connectivity index (χ4n) is 2.44. The average Bonchev–Trinajstić information content (AvgIpc) is 2.69. The molecule has 1 aromatic rings. The minimum Gasteiger partial charge on any atom is -0.380 e. The largest absolute Gasteiger partial charge is 0.380 e. The third-order valence-corrected chi connectivity index (χ3v) is 3.65. The Morgan fingerprint density at radius 2 is 2.21 bits per heavy atom. The van der Waals surface area contributed by atoms with Gasteiger partial charge in [0.15, 0.2) is 0 Å². The van der Waals surface area contributed by atoms with Crippen LogP contribution in [-0.2, 0) is 11.2 Å². The van der Waals surface area contributed by atoms with Crippen LogP contribution in [0.2, 0.25) is 0 Å². The van der Waals surface area contributed by atoms with Crippen LogP contribution in [0.15, 0.2) is 18.2 Å². The summed E-state index contributed by atoms with van der Waals surface area (Å²) in [5.74, 6) is -0.147. The molecule has 1 aromatic carbocycles.